The molecule has 0 N–H and O–H groups in total. The Morgan fingerprint density at radius 2 is 2.06 bits per heavy atom. The summed E-state index contributed by atoms with van der Waals surface area (Å²) in [6.07, 6.45) is -0.839. The highest BCUT2D eigenvalue weighted by Crippen LogP contribution is 2.42. The highest BCUT2D eigenvalue weighted by Gasteiger charge is 2.56. The molecule has 0 aromatic rings. The van der Waals surface area contributed by atoms with E-state index < -0.39 is 24.0 Å². The van der Waals surface area contributed by atoms with E-state index in [0.29, 0.717) is 6.42 Å². The molecule has 1 saturated heterocycles. The topological polar surface area (TPSA) is 87.9 Å². The standard InChI is InChI=1S/C11H17NO6/c1-6(13)16-8-4-7(5-12(14)15)9-10(8)18-11(2,3)17-9/h7-10H,4-5H2,1-3H3/t7-,8-,9+,10-/m1/s1. The SMILES string of the molecule is CC(=O)O[C@@H]1C[C@H](C[N+](=O)[O-])[C@@H]2OC(C)(C)O[C@@H]21. The maximum atomic E-state index is 11.0. The second-order valence-corrected chi connectivity index (χ2v) is 5.22. The van der Waals surface area contributed by atoms with Crippen LogP contribution in [-0.2, 0) is 19.0 Å². The second kappa shape index (κ2) is 4.47. The summed E-state index contributed by atoms with van der Waals surface area (Å²) in [6.45, 7) is 4.62. The van der Waals surface area contributed by atoms with Crippen LogP contribution in [0.3, 0.4) is 0 Å². The predicted molar refractivity (Wildman–Crippen MR) is 59.3 cm³/mol. The molecule has 0 aromatic carbocycles. The van der Waals surface area contributed by atoms with Gasteiger partial charge in [0.2, 0.25) is 6.54 Å². The highest BCUT2D eigenvalue weighted by molar-refractivity contribution is 5.66. The van der Waals surface area contributed by atoms with Crippen LogP contribution in [0.2, 0.25) is 0 Å². The maximum absolute atomic E-state index is 11.0. The molecule has 2 rings (SSSR count). The van der Waals surface area contributed by atoms with Crippen LogP contribution >= 0.6 is 0 Å². The van der Waals surface area contributed by atoms with Crippen molar-refractivity contribution in [1.82, 2.24) is 0 Å². The van der Waals surface area contributed by atoms with Crippen molar-refractivity contribution in [3.63, 3.8) is 0 Å². The average Bonchev–Trinajstić information content (AvgIpc) is 2.62. The van der Waals surface area contributed by atoms with E-state index >= 15 is 0 Å². The number of hydrogen-bond donors (Lipinski definition) is 0. The van der Waals surface area contributed by atoms with Crippen LogP contribution in [0.4, 0.5) is 0 Å². The molecule has 2 aliphatic rings. The Balaban J connectivity index is 2.12. The van der Waals surface area contributed by atoms with Crippen molar-refractivity contribution in [2.45, 2.75) is 51.3 Å². The molecular weight excluding hydrogens is 242 g/mol. The molecule has 0 unspecified atom stereocenters. The maximum Gasteiger partial charge on any atom is 0.302 e. The van der Waals surface area contributed by atoms with E-state index in [1.807, 2.05) is 0 Å². The monoisotopic (exact) mass is 259 g/mol. The third kappa shape index (κ3) is 2.62. The fraction of sp³-hybridized carbons (Fsp3) is 0.909. The summed E-state index contributed by atoms with van der Waals surface area (Å²) in [7, 11) is 0. The first-order chi connectivity index (χ1) is 8.28. The third-order valence-corrected chi connectivity index (χ3v) is 3.23. The number of rotatable bonds is 3. The fourth-order valence-electron chi connectivity index (χ4n) is 2.73. The van der Waals surface area contributed by atoms with E-state index in [1.54, 1.807) is 13.8 Å². The Morgan fingerprint density at radius 3 is 2.61 bits per heavy atom. The van der Waals surface area contributed by atoms with Gasteiger partial charge in [-0.3, -0.25) is 14.9 Å². The molecule has 102 valence electrons. The summed E-state index contributed by atoms with van der Waals surface area (Å²) in [5.74, 6) is -1.48. The number of hydrogen-bond acceptors (Lipinski definition) is 6. The lowest BCUT2D eigenvalue weighted by Gasteiger charge is -2.22. The number of nitrogens with zero attached hydrogens (tertiary/aromatic N) is 1. The van der Waals surface area contributed by atoms with Gasteiger partial charge in [-0.05, 0) is 20.3 Å². The Morgan fingerprint density at radius 1 is 1.44 bits per heavy atom. The van der Waals surface area contributed by atoms with E-state index in [1.165, 1.54) is 6.92 Å². The molecule has 2 fully saturated rings. The molecule has 0 bridgehead atoms. The van der Waals surface area contributed by atoms with Gasteiger partial charge in [-0.25, -0.2) is 0 Å². The van der Waals surface area contributed by atoms with Crippen LogP contribution < -0.4 is 0 Å². The number of ether oxygens (including phenoxy) is 3. The van der Waals surface area contributed by atoms with Gasteiger partial charge in [0, 0.05) is 11.8 Å². The molecule has 0 amide bonds. The van der Waals surface area contributed by atoms with Crippen LogP contribution in [0.25, 0.3) is 0 Å². The van der Waals surface area contributed by atoms with Gasteiger partial charge in [-0.15, -0.1) is 0 Å². The lowest BCUT2D eigenvalue weighted by Crippen LogP contribution is -2.32. The molecule has 1 aliphatic heterocycles. The lowest BCUT2D eigenvalue weighted by atomic mass is 10.1. The van der Waals surface area contributed by atoms with Gasteiger partial charge in [0.15, 0.2) is 5.79 Å². The predicted octanol–water partition coefficient (Wildman–Crippen LogP) is 0.735. The molecule has 1 saturated carbocycles. The number of nitro groups is 1. The molecule has 0 spiro atoms. The van der Waals surface area contributed by atoms with Crippen LogP contribution in [-0.4, -0.2) is 41.5 Å². The van der Waals surface area contributed by atoms with E-state index in [-0.39, 0.29) is 23.5 Å². The molecule has 7 nitrogen and oxygen atoms in total. The zero-order chi connectivity index (χ0) is 13.5. The first-order valence-electron chi connectivity index (χ1n) is 5.93. The molecule has 1 aliphatic carbocycles. The van der Waals surface area contributed by atoms with Gasteiger partial charge in [-0.1, -0.05) is 0 Å². The Labute approximate surface area is 105 Å². The van der Waals surface area contributed by atoms with E-state index in [2.05, 4.69) is 0 Å². The van der Waals surface area contributed by atoms with Crippen molar-refractivity contribution < 1.29 is 23.9 Å². The Kier molecular flexibility index (Phi) is 3.29. The van der Waals surface area contributed by atoms with E-state index in [4.69, 9.17) is 14.2 Å². The van der Waals surface area contributed by atoms with E-state index in [9.17, 15) is 14.9 Å². The van der Waals surface area contributed by atoms with Gasteiger partial charge in [0.25, 0.3) is 0 Å². The molecule has 7 heteroatoms. The minimum Gasteiger partial charge on any atom is -0.460 e. The first kappa shape index (κ1) is 13.2. The minimum atomic E-state index is -0.789. The molecular formula is C11H17NO6. The molecule has 4 atom stereocenters. The quantitative estimate of drug-likeness (QED) is 0.422. The molecule has 0 aromatic heterocycles. The smallest absolute Gasteiger partial charge is 0.302 e. The molecule has 18 heavy (non-hydrogen) atoms. The van der Waals surface area contributed by atoms with Crippen molar-refractivity contribution in [2.75, 3.05) is 6.54 Å². The van der Waals surface area contributed by atoms with Crippen LogP contribution in [0.15, 0.2) is 0 Å². The van der Waals surface area contributed by atoms with Crippen molar-refractivity contribution >= 4 is 5.97 Å². The Bertz CT molecular complexity index is 337. The summed E-state index contributed by atoms with van der Waals surface area (Å²) in [6, 6.07) is 0. The second-order valence-electron chi connectivity index (χ2n) is 5.22. The molecule has 0 radical (unpaired) electrons. The van der Waals surface area contributed by atoms with Gasteiger partial charge >= 0.3 is 5.97 Å². The zero-order valence-corrected chi connectivity index (χ0v) is 10.6. The lowest BCUT2D eigenvalue weighted by molar-refractivity contribution is -0.490. The largest absolute Gasteiger partial charge is 0.460 e. The van der Waals surface area contributed by atoms with Crippen molar-refractivity contribution in [1.29, 1.82) is 0 Å². The van der Waals surface area contributed by atoms with Gasteiger partial charge in [-0.2, -0.15) is 0 Å². The summed E-state index contributed by atoms with van der Waals surface area (Å²) < 4.78 is 16.5. The van der Waals surface area contributed by atoms with Crippen molar-refractivity contribution in [3.05, 3.63) is 10.1 Å². The van der Waals surface area contributed by atoms with Crippen molar-refractivity contribution in [2.24, 2.45) is 5.92 Å². The Hall–Kier alpha value is -1.21. The summed E-state index contributed by atoms with van der Waals surface area (Å²) in [4.78, 5) is 21.3. The zero-order valence-electron chi connectivity index (χ0n) is 10.6. The number of fused-ring (bicyclic) bond motifs is 1. The van der Waals surface area contributed by atoms with Crippen LogP contribution in [0, 0.1) is 16.0 Å². The summed E-state index contributed by atoms with van der Waals surface area (Å²) in [5, 5.41) is 10.6. The van der Waals surface area contributed by atoms with Crippen LogP contribution in [0.1, 0.15) is 27.2 Å². The summed E-state index contributed by atoms with van der Waals surface area (Å²) in [5.41, 5.74) is 0. The highest BCUT2D eigenvalue weighted by atomic mass is 16.8. The van der Waals surface area contributed by atoms with Gasteiger partial charge in [0.1, 0.15) is 18.3 Å². The first-order valence-corrected chi connectivity index (χ1v) is 5.93. The normalized spacial score (nSPS) is 37.3. The number of esters is 1. The summed E-state index contributed by atoms with van der Waals surface area (Å²) >= 11 is 0. The van der Waals surface area contributed by atoms with Gasteiger partial charge < -0.3 is 14.2 Å². The fourth-order valence-corrected chi connectivity index (χ4v) is 2.73. The van der Waals surface area contributed by atoms with Crippen molar-refractivity contribution in [3.8, 4) is 0 Å². The van der Waals surface area contributed by atoms with Gasteiger partial charge in [0.05, 0.1) is 5.92 Å². The van der Waals surface area contributed by atoms with Crippen LogP contribution in [0.5, 0.6) is 0 Å². The molecule has 1 heterocycles. The number of carbonyl (C=O) groups is 1. The minimum absolute atomic E-state index is 0.196. The third-order valence-electron chi connectivity index (χ3n) is 3.23. The van der Waals surface area contributed by atoms with E-state index in [0.717, 1.165) is 0 Å². The average molecular weight is 259 g/mol. The number of carbonyl (C=O) groups excluding carboxylic acids is 1.